The number of rotatable bonds is 6. The third-order valence-electron chi connectivity index (χ3n) is 4.02. The van der Waals surface area contributed by atoms with Crippen LogP contribution >= 0.6 is 35.6 Å². The molecule has 1 heterocycles. The molecule has 1 saturated heterocycles. The summed E-state index contributed by atoms with van der Waals surface area (Å²) in [5, 5.41) is 9.57. The number of carbonyl (C=O) groups is 2. The van der Waals surface area contributed by atoms with Crippen molar-refractivity contribution in [3.8, 4) is 11.5 Å². The lowest BCUT2D eigenvalue weighted by atomic mass is 10.1. The van der Waals surface area contributed by atoms with Crippen molar-refractivity contribution < 1.29 is 24.2 Å². The van der Waals surface area contributed by atoms with Crippen molar-refractivity contribution in [2.75, 3.05) is 12.0 Å². The number of benzene rings is 2. The zero-order valence-corrected chi connectivity index (χ0v) is 17.8. The van der Waals surface area contributed by atoms with Gasteiger partial charge in [0.05, 0.1) is 17.7 Å². The molecule has 3 rings (SSSR count). The van der Waals surface area contributed by atoms with E-state index in [1.807, 2.05) is 0 Å². The van der Waals surface area contributed by atoms with Gasteiger partial charge in [-0.1, -0.05) is 41.6 Å². The number of ether oxygens (including phenoxy) is 2. The molecule has 1 aliphatic rings. The fraction of sp³-hybridized carbons (Fsp3) is 0.150. The standard InChI is InChI=1S/C20H16ClNO5S2/c1-11(19(24)25)27-15-8-3-12(9-16(15)26-2)10-17-18(23)22(20(28)29-17)14-6-4-13(21)5-7-14/h3-11H,1-2H3,(H,24,25)/b17-10+. The van der Waals surface area contributed by atoms with Crippen molar-refractivity contribution in [2.45, 2.75) is 13.0 Å². The lowest BCUT2D eigenvalue weighted by molar-refractivity contribution is -0.144. The second-order valence-corrected chi connectivity index (χ2v) is 8.11. The van der Waals surface area contributed by atoms with E-state index >= 15 is 0 Å². The quantitative estimate of drug-likeness (QED) is 0.510. The van der Waals surface area contributed by atoms with Gasteiger partial charge >= 0.3 is 5.97 Å². The minimum atomic E-state index is -1.08. The number of anilines is 1. The Morgan fingerprint density at radius 2 is 1.93 bits per heavy atom. The van der Waals surface area contributed by atoms with E-state index in [1.165, 1.54) is 30.7 Å². The molecular formula is C20H16ClNO5S2. The van der Waals surface area contributed by atoms with Crippen molar-refractivity contribution >= 4 is 63.5 Å². The van der Waals surface area contributed by atoms with Crippen LogP contribution in [0.5, 0.6) is 11.5 Å². The molecule has 0 aliphatic carbocycles. The Morgan fingerprint density at radius 1 is 1.24 bits per heavy atom. The normalized spacial score (nSPS) is 16.2. The maximum Gasteiger partial charge on any atom is 0.344 e. The molecule has 6 nitrogen and oxygen atoms in total. The summed E-state index contributed by atoms with van der Waals surface area (Å²) in [5.74, 6) is -0.656. The third kappa shape index (κ3) is 4.72. The first kappa shape index (κ1) is 21.2. The highest BCUT2D eigenvalue weighted by Gasteiger charge is 2.33. The fourth-order valence-corrected chi connectivity index (χ4v) is 3.97. The minimum Gasteiger partial charge on any atom is -0.493 e. The number of hydrogen-bond acceptors (Lipinski definition) is 6. The molecule has 1 fully saturated rings. The molecule has 1 atom stereocenters. The molecular weight excluding hydrogens is 434 g/mol. The van der Waals surface area contributed by atoms with Gasteiger partial charge in [0.25, 0.3) is 5.91 Å². The number of amides is 1. The first-order chi connectivity index (χ1) is 13.8. The summed E-state index contributed by atoms with van der Waals surface area (Å²) >= 11 is 12.5. The van der Waals surface area contributed by atoms with Gasteiger partial charge in [-0.15, -0.1) is 0 Å². The topological polar surface area (TPSA) is 76.1 Å². The van der Waals surface area contributed by atoms with Gasteiger partial charge < -0.3 is 14.6 Å². The van der Waals surface area contributed by atoms with Gasteiger partial charge in [0.15, 0.2) is 21.9 Å². The molecule has 29 heavy (non-hydrogen) atoms. The molecule has 1 amide bonds. The van der Waals surface area contributed by atoms with Crippen molar-refractivity contribution in [2.24, 2.45) is 0 Å². The number of methoxy groups -OCH3 is 1. The van der Waals surface area contributed by atoms with Crippen LogP contribution in [-0.4, -0.2) is 34.5 Å². The largest absolute Gasteiger partial charge is 0.493 e. The molecule has 2 aromatic carbocycles. The van der Waals surface area contributed by atoms with E-state index in [0.717, 1.165) is 0 Å². The van der Waals surface area contributed by atoms with E-state index in [2.05, 4.69) is 0 Å². The lowest BCUT2D eigenvalue weighted by Crippen LogP contribution is -2.27. The Labute approximate surface area is 182 Å². The number of thiocarbonyl (C=S) groups is 1. The fourth-order valence-electron chi connectivity index (χ4n) is 2.54. The Kier molecular flexibility index (Phi) is 6.46. The average molecular weight is 450 g/mol. The number of thioether (sulfide) groups is 1. The molecule has 0 spiro atoms. The number of aliphatic carboxylic acids is 1. The molecule has 1 N–H and O–H groups in total. The average Bonchev–Trinajstić information content (AvgIpc) is 2.96. The van der Waals surface area contributed by atoms with E-state index < -0.39 is 12.1 Å². The molecule has 2 aromatic rings. The molecule has 150 valence electrons. The first-order valence-electron chi connectivity index (χ1n) is 8.41. The minimum absolute atomic E-state index is 0.235. The van der Waals surface area contributed by atoms with E-state index in [-0.39, 0.29) is 5.91 Å². The maximum absolute atomic E-state index is 12.8. The predicted octanol–water partition coefficient (Wildman–Crippen LogP) is 4.61. The van der Waals surface area contributed by atoms with Crippen LogP contribution in [0.25, 0.3) is 6.08 Å². The molecule has 1 unspecified atom stereocenters. The smallest absolute Gasteiger partial charge is 0.344 e. The number of carboxylic acids is 1. The van der Waals surface area contributed by atoms with Crippen molar-refractivity contribution in [1.82, 2.24) is 0 Å². The van der Waals surface area contributed by atoms with Gasteiger partial charge in [0.1, 0.15) is 0 Å². The summed E-state index contributed by atoms with van der Waals surface area (Å²) in [5.41, 5.74) is 1.33. The van der Waals surface area contributed by atoms with Crippen molar-refractivity contribution in [3.63, 3.8) is 0 Å². The second kappa shape index (κ2) is 8.86. The SMILES string of the molecule is COc1cc(/C=C2/SC(=S)N(c3ccc(Cl)cc3)C2=O)ccc1OC(C)C(=O)O. The summed E-state index contributed by atoms with van der Waals surface area (Å²) < 4.78 is 11.1. The molecule has 0 saturated carbocycles. The molecule has 0 aromatic heterocycles. The van der Waals surface area contributed by atoms with Crippen LogP contribution in [0.3, 0.4) is 0 Å². The highest BCUT2D eigenvalue weighted by atomic mass is 35.5. The summed E-state index contributed by atoms with van der Waals surface area (Å²) in [6.07, 6.45) is 0.674. The summed E-state index contributed by atoms with van der Waals surface area (Å²) in [7, 11) is 1.46. The maximum atomic E-state index is 12.8. The van der Waals surface area contributed by atoms with Gasteiger partial charge in [-0.2, -0.15) is 0 Å². The van der Waals surface area contributed by atoms with Crippen LogP contribution in [-0.2, 0) is 9.59 Å². The van der Waals surface area contributed by atoms with E-state index in [1.54, 1.807) is 48.5 Å². The van der Waals surface area contributed by atoms with Crippen molar-refractivity contribution in [3.05, 3.63) is 58.0 Å². The monoisotopic (exact) mass is 449 g/mol. The zero-order chi connectivity index (χ0) is 21.1. The van der Waals surface area contributed by atoms with Crippen LogP contribution in [0.4, 0.5) is 5.69 Å². The Balaban J connectivity index is 1.86. The molecule has 0 radical (unpaired) electrons. The summed E-state index contributed by atoms with van der Waals surface area (Å²) in [4.78, 5) is 25.7. The van der Waals surface area contributed by atoms with E-state index in [4.69, 9.17) is 38.4 Å². The van der Waals surface area contributed by atoms with Crippen LogP contribution < -0.4 is 14.4 Å². The van der Waals surface area contributed by atoms with Gasteiger partial charge in [0, 0.05) is 5.02 Å². The van der Waals surface area contributed by atoms with Gasteiger partial charge in [-0.05, 0) is 55.0 Å². The van der Waals surface area contributed by atoms with Gasteiger partial charge in [-0.3, -0.25) is 9.69 Å². The predicted molar refractivity (Wildman–Crippen MR) is 118 cm³/mol. The number of carboxylic acid groups (broad SMARTS) is 1. The summed E-state index contributed by atoms with van der Waals surface area (Å²) in [6, 6.07) is 11.8. The van der Waals surface area contributed by atoms with Gasteiger partial charge in [-0.25, -0.2) is 4.79 Å². The molecule has 1 aliphatic heterocycles. The number of hydrogen-bond donors (Lipinski definition) is 1. The van der Waals surface area contributed by atoms with Crippen LogP contribution in [0.2, 0.25) is 5.02 Å². The Hall–Kier alpha value is -2.55. The highest BCUT2D eigenvalue weighted by molar-refractivity contribution is 8.27. The summed E-state index contributed by atoms with van der Waals surface area (Å²) in [6.45, 7) is 1.43. The third-order valence-corrected chi connectivity index (χ3v) is 5.57. The Morgan fingerprint density at radius 3 is 2.55 bits per heavy atom. The van der Waals surface area contributed by atoms with Crippen LogP contribution in [0.1, 0.15) is 12.5 Å². The Bertz CT molecular complexity index is 1010. The molecule has 0 bridgehead atoms. The van der Waals surface area contributed by atoms with Gasteiger partial charge in [0.2, 0.25) is 0 Å². The first-order valence-corrected chi connectivity index (χ1v) is 10.0. The van der Waals surface area contributed by atoms with E-state index in [0.29, 0.717) is 37.0 Å². The lowest BCUT2D eigenvalue weighted by Gasteiger charge is -2.14. The second-order valence-electron chi connectivity index (χ2n) is 6.00. The number of nitrogens with zero attached hydrogens (tertiary/aromatic N) is 1. The van der Waals surface area contributed by atoms with Crippen LogP contribution in [0, 0.1) is 0 Å². The number of halogens is 1. The number of carbonyl (C=O) groups excluding carboxylic acids is 1. The van der Waals surface area contributed by atoms with Crippen molar-refractivity contribution in [1.29, 1.82) is 0 Å². The zero-order valence-electron chi connectivity index (χ0n) is 15.4. The van der Waals surface area contributed by atoms with E-state index in [9.17, 15) is 9.59 Å². The van der Waals surface area contributed by atoms with Crippen LogP contribution in [0.15, 0.2) is 47.4 Å². The highest BCUT2D eigenvalue weighted by Crippen LogP contribution is 2.37. The molecule has 9 heteroatoms.